The molecule has 10 heteroatoms. The summed E-state index contributed by atoms with van der Waals surface area (Å²) in [7, 11) is 0. The number of benzene rings is 2. The van der Waals surface area contributed by atoms with E-state index in [-0.39, 0.29) is 5.56 Å². The van der Waals surface area contributed by atoms with Gasteiger partial charge in [0, 0.05) is 10.3 Å². The van der Waals surface area contributed by atoms with Crippen molar-refractivity contribution in [3.05, 3.63) is 75.8 Å². The summed E-state index contributed by atoms with van der Waals surface area (Å²) in [5.41, 5.74) is -1.92. The van der Waals surface area contributed by atoms with E-state index in [0.717, 1.165) is 12.1 Å². The largest absolute Gasteiger partial charge is 0.573 e. The maximum atomic E-state index is 13.3. The van der Waals surface area contributed by atoms with Crippen molar-refractivity contribution in [2.24, 2.45) is 5.41 Å². The zero-order valence-corrected chi connectivity index (χ0v) is 17.6. The molecule has 0 unspecified atom stereocenters. The third-order valence-corrected chi connectivity index (χ3v) is 5.06. The van der Waals surface area contributed by atoms with Crippen molar-refractivity contribution in [2.75, 3.05) is 6.54 Å². The molecule has 0 radical (unpaired) electrons. The molecule has 0 spiro atoms. The van der Waals surface area contributed by atoms with Crippen molar-refractivity contribution in [2.45, 2.75) is 44.9 Å². The monoisotopic (exact) mass is 453 g/mol. The molecule has 0 saturated carbocycles. The molecule has 1 saturated heterocycles. The van der Waals surface area contributed by atoms with E-state index in [2.05, 4.69) is 4.74 Å². The van der Waals surface area contributed by atoms with E-state index in [4.69, 9.17) is 9.47 Å². The molecule has 3 atom stereocenters. The van der Waals surface area contributed by atoms with Crippen molar-refractivity contribution in [1.82, 2.24) is 0 Å². The molecular formula is C22H22F3NO6. The Labute approximate surface area is 182 Å². The number of alkyl halides is 3. The fourth-order valence-electron chi connectivity index (χ4n) is 3.60. The zero-order valence-electron chi connectivity index (χ0n) is 17.6. The van der Waals surface area contributed by atoms with Crippen LogP contribution < -0.4 is 4.74 Å². The first-order valence-corrected chi connectivity index (χ1v) is 9.75. The van der Waals surface area contributed by atoms with Crippen LogP contribution in [-0.2, 0) is 19.9 Å². The maximum Gasteiger partial charge on any atom is 0.573 e. The highest BCUT2D eigenvalue weighted by molar-refractivity contribution is 5.84. The Kier molecular flexibility index (Phi) is 6.19. The van der Waals surface area contributed by atoms with Crippen molar-refractivity contribution in [3.63, 3.8) is 0 Å². The number of carbonyl (C=O) groups excluding carboxylic acids is 1. The first-order chi connectivity index (χ1) is 14.8. The third-order valence-electron chi connectivity index (χ3n) is 5.06. The van der Waals surface area contributed by atoms with Crippen LogP contribution in [0, 0.1) is 15.5 Å². The molecular weight excluding hydrogens is 431 g/mol. The number of rotatable bonds is 6. The molecule has 0 bridgehead atoms. The van der Waals surface area contributed by atoms with E-state index in [1.165, 1.54) is 12.1 Å². The van der Waals surface area contributed by atoms with Gasteiger partial charge in [-0.2, -0.15) is 0 Å². The minimum absolute atomic E-state index is 0.228. The quantitative estimate of drug-likeness (QED) is 0.355. The Balaban J connectivity index is 2.13. The summed E-state index contributed by atoms with van der Waals surface area (Å²) in [6.07, 6.45) is -5.87. The highest BCUT2D eigenvalue weighted by atomic mass is 19.4. The van der Waals surface area contributed by atoms with Crippen molar-refractivity contribution >= 4 is 5.97 Å². The predicted octanol–water partition coefficient (Wildman–Crippen LogP) is 4.79. The predicted molar refractivity (Wildman–Crippen MR) is 106 cm³/mol. The van der Waals surface area contributed by atoms with E-state index in [0.29, 0.717) is 5.56 Å². The van der Waals surface area contributed by atoms with E-state index in [1.807, 2.05) is 0 Å². The van der Waals surface area contributed by atoms with Gasteiger partial charge in [0.05, 0.1) is 5.92 Å². The van der Waals surface area contributed by atoms with Gasteiger partial charge in [-0.05, 0) is 23.3 Å². The second-order valence-electron chi connectivity index (χ2n) is 8.51. The number of halogens is 3. The summed E-state index contributed by atoms with van der Waals surface area (Å²) in [5, 5.41) is 11.6. The van der Waals surface area contributed by atoms with Gasteiger partial charge in [-0.25, -0.2) is 4.79 Å². The van der Waals surface area contributed by atoms with E-state index in [9.17, 15) is 28.1 Å². The topological polar surface area (TPSA) is 87.9 Å². The Morgan fingerprint density at radius 1 is 1.09 bits per heavy atom. The van der Waals surface area contributed by atoms with Gasteiger partial charge in [0.15, 0.2) is 0 Å². The summed E-state index contributed by atoms with van der Waals surface area (Å²) >= 11 is 0. The molecule has 2 aromatic carbocycles. The van der Waals surface area contributed by atoms with Gasteiger partial charge in [0.1, 0.15) is 5.75 Å². The van der Waals surface area contributed by atoms with Crippen molar-refractivity contribution in [1.29, 1.82) is 0 Å². The van der Waals surface area contributed by atoms with Crippen LogP contribution >= 0.6 is 0 Å². The smallest absolute Gasteiger partial charge is 0.433 e. The average molecular weight is 453 g/mol. The summed E-state index contributed by atoms with van der Waals surface area (Å²) in [6, 6.07) is 12.8. The van der Waals surface area contributed by atoms with Gasteiger partial charge in [0.25, 0.3) is 0 Å². The maximum absolute atomic E-state index is 13.3. The lowest BCUT2D eigenvalue weighted by molar-refractivity contribution is -0.487. The first-order valence-electron chi connectivity index (χ1n) is 9.75. The highest BCUT2D eigenvalue weighted by Gasteiger charge is 2.60. The van der Waals surface area contributed by atoms with E-state index >= 15 is 0 Å². The molecule has 0 aliphatic carbocycles. The number of cyclic esters (lactones) is 1. The molecule has 1 heterocycles. The normalized spacial score (nSPS) is 22.3. The Morgan fingerprint density at radius 2 is 1.69 bits per heavy atom. The number of hydrogen-bond donors (Lipinski definition) is 0. The molecule has 3 rings (SSSR count). The first kappa shape index (κ1) is 23.5. The number of nitrogens with zero attached hydrogens (tertiary/aromatic N) is 1. The fraction of sp³-hybridized carbons (Fsp3) is 0.409. The van der Waals surface area contributed by atoms with Crippen LogP contribution in [0.4, 0.5) is 13.2 Å². The molecule has 1 aliphatic rings. The molecule has 0 aromatic heterocycles. The number of carbonyl (C=O) groups is 1. The molecule has 2 aromatic rings. The fourth-order valence-corrected chi connectivity index (χ4v) is 3.60. The van der Waals surface area contributed by atoms with Crippen molar-refractivity contribution in [3.8, 4) is 5.75 Å². The number of nitro groups is 1. The van der Waals surface area contributed by atoms with Crippen LogP contribution in [-0.4, -0.2) is 30.1 Å². The number of ether oxygens (including phenoxy) is 3. The SMILES string of the molecule is CC(C)(C)[C@@H]1OC(=O)[C@@](c2ccccc2)([C@H](C[N+](=O)[O-])c2ccc(OC(F)(F)F)cc2)O1. The second-order valence-corrected chi connectivity index (χ2v) is 8.51. The van der Waals surface area contributed by atoms with Gasteiger partial charge in [-0.1, -0.05) is 63.2 Å². The van der Waals surface area contributed by atoms with E-state index in [1.54, 1.807) is 51.1 Å². The molecule has 7 nitrogen and oxygen atoms in total. The van der Waals surface area contributed by atoms with Crippen LogP contribution in [0.1, 0.15) is 37.8 Å². The summed E-state index contributed by atoms with van der Waals surface area (Å²) in [6.45, 7) is 4.65. The lowest BCUT2D eigenvalue weighted by atomic mass is 9.77. The Hall–Kier alpha value is -3.14. The van der Waals surface area contributed by atoms with Gasteiger partial charge in [-0.3, -0.25) is 10.1 Å². The van der Waals surface area contributed by atoms with Crippen LogP contribution in [0.15, 0.2) is 54.6 Å². The van der Waals surface area contributed by atoms with Crippen LogP contribution in [0.2, 0.25) is 0 Å². The number of esters is 1. The van der Waals surface area contributed by atoms with Crippen LogP contribution in [0.3, 0.4) is 0 Å². The molecule has 1 fully saturated rings. The second kappa shape index (κ2) is 8.42. The van der Waals surface area contributed by atoms with Gasteiger partial charge in [0.2, 0.25) is 18.4 Å². The third kappa shape index (κ3) is 4.85. The minimum Gasteiger partial charge on any atom is -0.433 e. The lowest BCUT2D eigenvalue weighted by Crippen LogP contribution is -2.43. The summed E-state index contributed by atoms with van der Waals surface area (Å²) in [4.78, 5) is 24.2. The summed E-state index contributed by atoms with van der Waals surface area (Å²) < 4.78 is 53.1. The van der Waals surface area contributed by atoms with Crippen molar-refractivity contribution < 1.29 is 37.1 Å². The van der Waals surface area contributed by atoms with E-state index < -0.39 is 52.8 Å². The molecule has 0 amide bonds. The Bertz CT molecular complexity index is 972. The minimum atomic E-state index is -4.88. The Morgan fingerprint density at radius 3 is 2.16 bits per heavy atom. The van der Waals surface area contributed by atoms with Crippen LogP contribution in [0.25, 0.3) is 0 Å². The lowest BCUT2D eigenvalue weighted by Gasteiger charge is -2.33. The number of hydrogen-bond acceptors (Lipinski definition) is 6. The molecule has 1 aliphatic heterocycles. The molecule has 32 heavy (non-hydrogen) atoms. The van der Waals surface area contributed by atoms with Gasteiger partial charge >= 0.3 is 12.3 Å². The zero-order chi connectivity index (χ0) is 23.7. The summed E-state index contributed by atoms with van der Waals surface area (Å²) in [5.74, 6) is -2.47. The van der Waals surface area contributed by atoms with Crippen LogP contribution in [0.5, 0.6) is 5.75 Å². The highest BCUT2D eigenvalue weighted by Crippen LogP contribution is 2.49. The average Bonchev–Trinajstić information content (AvgIpc) is 3.05. The molecule has 172 valence electrons. The van der Waals surface area contributed by atoms with Gasteiger partial charge < -0.3 is 14.2 Å². The molecule has 0 N–H and O–H groups in total. The standard InChI is InChI=1S/C22H22F3NO6/c1-20(2,3)19-30-18(27)21(32-19,15-7-5-4-6-8-15)17(13-26(28)29)14-9-11-16(12-10-14)31-22(23,24)25/h4-12,17,19H,13H2,1-3H3/t17-,19-,21-/m1/s1. The van der Waals surface area contributed by atoms with Gasteiger partial charge in [-0.15, -0.1) is 13.2 Å².